The Kier molecular flexibility index (Phi) is 5.15. The molecule has 0 spiro atoms. The van der Waals surface area contributed by atoms with Gasteiger partial charge in [-0.1, -0.05) is 19.9 Å². The topological polar surface area (TPSA) is 68.1 Å². The normalized spacial score (nSPS) is 14.0. The van der Waals surface area contributed by atoms with Crippen LogP contribution in [0.2, 0.25) is 0 Å². The standard InChI is InChI=1S/C18H16BrF2N3O2/c1-10(2)18(25,16-13(19)8-22-9-23-16)15-6-3-11-7-12(26-17(20)21)4-5-14(11)24-15/h3-10,17,25H,1-2H3. The van der Waals surface area contributed by atoms with E-state index in [2.05, 4.69) is 35.6 Å². The van der Waals surface area contributed by atoms with Gasteiger partial charge in [-0.3, -0.25) is 0 Å². The molecule has 0 aliphatic rings. The molecule has 1 atom stereocenters. The van der Waals surface area contributed by atoms with Crippen molar-refractivity contribution < 1.29 is 18.6 Å². The molecule has 0 fully saturated rings. The second-order valence-electron chi connectivity index (χ2n) is 6.07. The van der Waals surface area contributed by atoms with Gasteiger partial charge in [-0.2, -0.15) is 8.78 Å². The minimum atomic E-state index is -2.89. The lowest BCUT2D eigenvalue weighted by atomic mass is 9.83. The highest BCUT2D eigenvalue weighted by atomic mass is 79.9. The number of benzene rings is 1. The maximum atomic E-state index is 12.4. The van der Waals surface area contributed by atoms with Gasteiger partial charge in [0.15, 0.2) is 5.60 Å². The molecule has 0 radical (unpaired) electrons. The van der Waals surface area contributed by atoms with E-state index in [1.165, 1.54) is 18.5 Å². The summed E-state index contributed by atoms with van der Waals surface area (Å²) in [6, 6.07) is 7.83. The average Bonchev–Trinajstić information content (AvgIpc) is 2.60. The van der Waals surface area contributed by atoms with Crippen LogP contribution in [0.5, 0.6) is 5.75 Å². The largest absolute Gasteiger partial charge is 0.435 e. The van der Waals surface area contributed by atoms with Crippen LogP contribution in [0.3, 0.4) is 0 Å². The van der Waals surface area contributed by atoms with Crippen molar-refractivity contribution >= 4 is 26.8 Å². The first-order valence-corrected chi connectivity index (χ1v) is 8.66. The van der Waals surface area contributed by atoms with Crippen molar-refractivity contribution in [2.45, 2.75) is 26.1 Å². The molecule has 2 heterocycles. The quantitative estimate of drug-likeness (QED) is 0.662. The van der Waals surface area contributed by atoms with Crippen LogP contribution in [0.1, 0.15) is 25.2 Å². The van der Waals surface area contributed by atoms with Crippen molar-refractivity contribution in [2.24, 2.45) is 5.92 Å². The van der Waals surface area contributed by atoms with E-state index >= 15 is 0 Å². The van der Waals surface area contributed by atoms with Crippen LogP contribution < -0.4 is 4.74 Å². The van der Waals surface area contributed by atoms with Crippen molar-refractivity contribution in [1.82, 2.24) is 15.0 Å². The zero-order valence-electron chi connectivity index (χ0n) is 14.0. The second kappa shape index (κ2) is 7.20. The van der Waals surface area contributed by atoms with E-state index < -0.39 is 12.2 Å². The second-order valence-corrected chi connectivity index (χ2v) is 6.92. The van der Waals surface area contributed by atoms with Gasteiger partial charge in [0, 0.05) is 11.6 Å². The molecular weight excluding hydrogens is 408 g/mol. The number of rotatable bonds is 5. The lowest BCUT2D eigenvalue weighted by molar-refractivity contribution is -0.0497. The first-order valence-electron chi connectivity index (χ1n) is 7.87. The number of hydrogen-bond donors (Lipinski definition) is 1. The Morgan fingerprint density at radius 1 is 1.19 bits per heavy atom. The highest BCUT2D eigenvalue weighted by molar-refractivity contribution is 9.10. The SMILES string of the molecule is CC(C)C(O)(c1ccc2cc(OC(F)F)ccc2n1)c1ncncc1Br. The van der Waals surface area contributed by atoms with E-state index in [0.29, 0.717) is 26.8 Å². The van der Waals surface area contributed by atoms with Crippen molar-refractivity contribution in [3.63, 3.8) is 0 Å². The van der Waals surface area contributed by atoms with E-state index in [9.17, 15) is 13.9 Å². The van der Waals surface area contributed by atoms with E-state index in [-0.39, 0.29) is 11.7 Å². The summed E-state index contributed by atoms with van der Waals surface area (Å²) in [4.78, 5) is 12.7. The average molecular weight is 424 g/mol. The molecule has 0 saturated heterocycles. The lowest BCUT2D eigenvalue weighted by Crippen LogP contribution is -2.36. The number of pyridine rings is 1. The predicted molar refractivity (Wildman–Crippen MR) is 95.9 cm³/mol. The number of nitrogens with zero attached hydrogens (tertiary/aromatic N) is 3. The maximum Gasteiger partial charge on any atom is 0.387 e. The Hall–Kier alpha value is -2.19. The summed E-state index contributed by atoms with van der Waals surface area (Å²) >= 11 is 3.38. The van der Waals surface area contributed by atoms with Crippen LogP contribution in [-0.4, -0.2) is 26.7 Å². The fourth-order valence-electron chi connectivity index (χ4n) is 2.78. The van der Waals surface area contributed by atoms with Crippen molar-refractivity contribution in [1.29, 1.82) is 0 Å². The molecule has 0 amide bonds. The molecule has 0 bridgehead atoms. The molecule has 3 aromatic rings. The molecule has 5 nitrogen and oxygen atoms in total. The van der Waals surface area contributed by atoms with Gasteiger partial charge in [-0.15, -0.1) is 0 Å². The van der Waals surface area contributed by atoms with E-state index in [4.69, 9.17) is 0 Å². The maximum absolute atomic E-state index is 12.4. The summed E-state index contributed by atoms with van der Waals surface area (Å²) in [7, 11) is 0. The number of aliphatic hydroxyl groups is 1. The van der Waals surface area contributed by atoms with Gasteiger partial charge in [-0.25, -0.2) is 15.0 Å². The van der Waals surface area contributed by atoms with Gasteiger partial charge in [-0.05, 0) is 46.1 Å². The van der Waals surface area contributed by atoms with Gasteiger partial charge in [0.2, 0.25) is 0 Å². The summed E-state index contributed by atoms with van der Waals surface area (Å²) in [5, 5.41) is 12.1. The van der Waals surface area contributed by atoms with E-state index in [1.807, 2.05) is 13.8 Å². The Morgan fingerprint density at radius 3 is 2.62 bits per heavy atom. The fourth-order valence-corrected chi connectivity index (χ4v) is 3.30. The number of hydrogen-bond acceptors (Lipinski definition) is 5. The molecule has 3 rings (SSSR count). The zero-order valence-corrected chi connectivity index (χ0v) is 15.6. The van der Waals surface area contributed by atoms with Gasteiger partial charge < -0.3 is 9.84 Å². The predicted octanol–water partition coefficient (Wildman–Crippen LogP) is 4.28. The van der Waals surface area contributed by atoms with Gasteiger partial charge in [0.05, 0.1) is 21.4 Å². The zero-order chi connectivity index (χ0) is 18.9. The molecule has 1 N–H and O–H groups in total. The van der Waals surface area contributed by atoms with E-state index in [0.717, 1.165) is 0 Å². The molecule has 8 heteroatoms. The van der Waals surface area contributed by atoms with Crippen LogP contribution in [0.15, 0.2) is 47.3 Å². The molecule has 0 aliphatic carbocycles. The van der Waals surface area contributed by atoms with Crippen molar-refractivity contribution in [3.8, 4) is 5.75 Å². The number of aromatic nitrogens is 3. The third-order valence-corrected chi connectivity index (χ3v) is 4.72. The molecular formula is C18H16BrF2N3O2. The first kappa shape index (κ1) is 18.6. The number of fused-ring (bicyclic) bond motifs is 1. The minimum absolute atomic E-state index is 0.0553. The Morgan fingerprint density at radius 2 is 1.96 bits per heavy atom. The fraction of sp³-hybridized carbons (Fsp3) is 0.278. The molecule has 26 heavy (non-hydrogen) atoms. The lowest BCUT2D eigenvalue weighted by Gasteiger charge is -2.31. The monoisotopic (exact) mass is 423 g/mol. The highest BCUT2D eigenvalue weighted by Gasteiger charge is 2.40. The van der Waals surface area contributed by atoms with Crippen LogP contribution in [0, 0.1) is 5.92 Å². The Bertz CT molecular complexity index is 939. The molecule has 136 valence electrons. The van der Waals surface area contributed by atoms with Gasteiger partial charge in [0.1, 0.15) is 12.1 Å². The third-order valence-electron chi connectivity index (χ3n) is 4.14. The van der Waals surface area contributed by atoms with Crippen LogP contribution in [0.4, 0.5) is 8.78 Å². The van der Waals surface area contributed by atoms with Crippen LogP contribution >= 0.6 is 15.9 Å². The van der Waals surface area contributed by atoms with Crippen molar-refractivity contribution in [2.75, 3.05) is 0 Å². The number of ether oxygens (including phenoxy) is 1. The summed E-state index contributed by atoms with van der Waals surface area (Å²) in [6.07, 6.45) is 2.92. The van der Waals surface area contributed by atoms with Crippen LogP contribution in [0.25, 0.3) is 10.9 Å². The first-order chi connectivity index (χ1) is 12.3. The molecule has 0 saturated carbocycles. The number of alkyl halides is 2. The Labute approximate surface area is 157 Å². The summed E-state index contributed by atoms with van der Waals surface area (Å²) in [6.45, 7) is 0.834. The third kappa shape index (κ3) is 3.39. The van der Waals surface area contributed by atoms with Gasteiger partial charge >= 0.3 is 6.61 Å². The number of halogens is 3. The molecule has 1 aromatic carbocycles. The summed E-state index contributed by atoms with van der Waals surface area (Å²) in [5.41, 5.74) is -0.0870. The smallest absolute Gasteiger partial charge is 0.387 e. The van der Waals surface area contributed by atoms with Crippen molar-refractivity contribution in [3.05, 3.63) is 58.7 Å². The molecule has 0 aliphatic heterocycles. The Balaban J connectivity index is 2.11. The summed E-state index contributed by atoms with van der Waals surface area (Å²) in [5.74, 6) is -0.181. The molecule has 1 unspecified atom stereocenters. The summed E-state index contributed by atoms with van der Waals surface area (Å²) < 4.78 is 29.7. The van der Waals surface area contributed by atoms with E-state index in [1.54, 1.807) is 24.4 Å². The van der Waals surface area contributed by atoms with Crippen LogP contribution in [-0.2, 0) is 5.60 Å². The molecule has 2 aromatic heterocycles. The minimum Gasteiger partial charge on any atom is -0.435 e. The van der Waals surface area contributed by atoms with Gasteiger partial charge in [0.25, 0.3) is 0 Å². The highest BCUT2D eigenvalue weighted by Crippen LogP contribution is 2.38.